The summed E-state index contributed by atoms with van der Waals surface area (Å²) in [6, 6.07) is 14.4. The van der Waals surface area contributed by atoms with Crippen LogP contribution >= 0.6 is 0 Å². The molecular formula is C24H30N2O. The van der Waals surface area contributed by atoms with E-state index in [1.165, 1.54) is 18.4 Å². The molecule has 1 amide bonds. The minimum Gasteiger partial charge on any atom is -0.351 e. The predicted octanol–water partition coefficient (Wildman–Crippen LogP) is 6.09. The Kier molecular flexibility index (Phi) is 5.69. The smallest absolute Gasteiger partial charge is 0.258 e. The molecule has 3 aromatic rings. The summed E-state index contributed by atoms with van der Waals surface area (Å²) in [5.41, 5.74) is 5.22. The van der Waals surface area contributed by atoms with E-state index in [0.717, 1.165) is 33.7 Å². The van der Waals surface area contributed by atoms with E-state index < -0.39 is 0 Å². The molecule has 0 unspecified atom stereocenters. The van der Waals surface area contributed by atoms with Crippen molar-refractivity contribution in [1.82, 2.24) is 4.57 Å². The van der Waals surface area contributed by atoms with Crippen LogP contribution in [0.3, 0.4) is 0 Å². The van der Waals surface area contributed by atoms with Crippen molar-refractivity contribution in [1.29, 1.82) is 0 Å². The number of fused-ring (bicyclic) bond motifs is 2. The van der Waals surface area contributed by atoms with Gasteiger partial charge in [-0.3, -0.25) is 4.79 Å². The first kappa shape index (κ1) is 19.2. The molecule has 27 heavy (non-hydrogen) atoms. The molecule has 3 heteroatoms. The van der Waals surface area contributed by atoms with E-state index in [4.69, 9.17) is 0 Å². The lowest BCUT2D eigenvalue weighted by molar-refractivity contribution is 0.0996. The zero-order valence-electron chi connectivity index (χ0n) is 17.1. The Balaban J connectivity index is 0.000000306. The molecule has 142 valence electrons. The first-order valence-corrected chi connectivity index (χ1v) is 9.99. The van der Waals surface area contributed by atoms with Gasteiger partial charge in [0.2, 0.25) is 0 Å². The van der Waals surface area contributed by atoms with Crippen LogP contribution in [0, 0.1) is 12.8 Å². The molecule has 3 nitrogen and oxygen atoms in total. The predicted molar refractivity (Wildman–Crippen MR) is 114 cm³/mol. The molecule has 0 N–H and O–H groups in total. The first-order chi connectivity index (χ1) is 13.0. The summed E-state index contributed by atoms with van der Waals surface area (Å²) in [4.78, 5) is 14.5. The molecular weight excluding hydrogens is 332 g/mol. The molecule has 1 saturated carbocycles. The number of nitrogens with zero attached hydrogens (tertiary/aromatic N) is 2. The fraction of sp³-hybridized carbons (Fsp3) is 0.375. The average molecular weight is 363 g/mol. The second-order valence-corrected chi connectivity index (χ2v) is 7.40. The van der Waals surface area contributed by atoms with Crippen molar-refractivity contribution in [2.75, 3.05) is 4.90 Å². The average Bonchev–Trinajstić information content (AvgIpc) is 3.29. The van der Waals surface area contributed by atoms with Gasteiger partial charge < -0.3 is 9.47 Å². The number of carbonyl (C=O) groups is 1. The Hall–Kier alpha value is -2.55. The van der Waals surface area contributed by atoms with Crippen LogP contribution in [0.15, 0.2) is 48.7 Å². The van der Waals surface area contributed by atoms with Crippen molar-refractivity contribution in [2.24, 2.45) is 13.0 Å². The highest BCUT2D eigenvalue weighted by atomic mass is 16.2. The van der Waals surface area contributed by atoms with Gasteiger partial charge in [-0.15, -0.1) is 0 Å². The second kappa shape index (κ2) is 7.99. The third-order valence-corrected chi connectivity index (χ3v) is 5.12. The zero-order valence-corrected chi connectivity index (χ0v) is 17.1. The van der Waals surface area contributed by atoms with Gasteiger partial charge in [0.25, 0.3) is 5.91 Å². The number of carbonyl (C=O) groups excluding carboxylic acids is 1. The van der Waals surface area contributed by atoms with Crippen LogP contribution < -0.4 is 4.90 Å². The molecule has 2 aliphatic rings. The number of amides is 1. The van der Waals surface area contributed by atoms with Crippen LogP contribution in [-0.2, 0) is 13.6 Å². The summed E-state index contributed by atoms with van der Waals surface area (Å²) >= 11 is 0. The van der Waals surface area contributed by atoms with Gasteiger partial charge in [-0.1, -0.05) is 51.3 Å². The molecule has 2 heterocycles. The number of anilines is 1. The van der Waals surface area contributed by atoms with Crippen molar-refractivity contribution in [2.45, 2.75) is 47.1 Å². The highest BCUT2D eigenvalue weighted by Crippen LogP contribution is 2.31. The van der Waals surface area contributed by atoms with Gasteiger partial charge >= 0.3 is 0 Å². The van der Waals surface area contributed by atoms with Crippen molar-refractivity contribution in [3.8, 4) is 0 Å². The Labute approximate surface area is 162 Å². The first-order valence-electron chi connectivity index (χ1n) is 9.99. The molecule has 1 fully saturated rings. The molecule has 0 atom stereocenters. The van der Waals surface area contributed by atoms with Gasteiger partial charge in [-0.05, 0) is 48.7 Å². The normalized spacial score (nSPS) is 15.0. The van der Waals surface area contributed by atoms with E-state index >= 15 is 0 Å². The van der Waals surface area contributed by atoms with Crippen LogP contribution in [0.2, 0.25) is 0 Å². The van der Waals surface area contributed by atoms with Gasteiger partial charge in [0.1, 0.15) is 0 Å². The number of aromatic nitrogens is 1. The van der Waals surface area contributed by atoms with Crippen molar-refractivity contribution >= 4 is 22.5 Å². The van der Waals surface area contributed by atoms with Gasteiger partial charge in [-0.2, -0.15) is 0 Å². The van der Waals surface area contributed by atoms with E-state index in [-0.39, 0.29) is 5.91 Å². The van der Waals surface area contributed by atoms with Gasteiger partial charge in [-0.25, -0.2) is 0 Å². The quantitative estimate of drug-likeness (QED) is 0.514. The maximum Gasteiger partial charge on any atom is 0.258 e. The van der Waals surface area contributed by atoms with Gasteiger partial charge in [0.05, 0.1) is 6.54 Å². The van der Waals surface area contributed by atoms with E-state index in [0.29, 0.717) is 6.54 Å². The summed E-state index contributed by atoms with van der Waals surface area (Å²) in [6.07, 6.45) is 5.01. The Morgan fingerprint density at radius 3 is 2.37 bits per heavy atom. The molecule has 2 aromatic carbocycles. The van der Waals surface area contributed by atoms with Crippen molar-refractivity contribution in [3.05, 3.63) is 65.4 Å². The molecule has 0 radical (unpaired) electrons. The summed E-state index contributed by atoms with van der Waals surface area (Å²) < 4.78 is 2.09. The Bertz CT molecular complexity index is 950. The lowest BCUT2D eigenvalue weighted by Gasteiger charge is -2.16. The van der Waals surface area contributed by atoms with Crippen LogP contribution in [0.25, 0.3) is 10.9 Å². The minimum absolute atomic E-state index is 0.101. The fourth-order valence-corrected chi connectivity index (χ4v) is 3.23. The third kappa shape index (κ3) is 4.08. The van der Waals surface area contributed by atoms with Crippen LogP contribution in [0.1, 0.15) is 55.1 Å². The van der Waals surface area contributed by atoms with E-state index in [1.807, 2.05) is 51.0 Å². The number of hydrogen-bond acceptors (Lipinski definition) is 1. The maximum absolute atomic E-state index is 12.6. The van der Waals surface area contributed by atoms with E-state index in [1.54, 1.807) is 0 Å². The molecule has 1 aliphatic heterocycles. The minimum atomic E-state index is 0.101. The van der Waals surface area contributed by atoms with Crippen molar-refractivity contribution < 1.29 is 4.79 Å². The third-order valence-electron chi connectivity index (χ3n) is 5.12. The number of hydrogen-bond donors (Lipinski definition) is 0. The topological polar surface area (TPSA) is 25.2 Å². The van der Waals surface area contributed by atoms with Crippen LogP contribution in [0.5, 0.6) is 0 Å². The summed E-state index contributed by atoms with van der Waals surface area (Å²) in [5.74, 6) is 1.18. The number of benzene rings is 2. The lowest BCUT2D eigenvalue weighted by Crippen LogP contribution is -2.22. The van der Waals surface area contributed by atoms with Gasteiger partial charge in [0.15, 0.2) is 0 Å². The van der Waals surface area contributed by atoms with Crippen LogP contribution in [0.4, 0.5) is 5.69 Å². The summed E-state index contributed by atoms with van der Waals surface area (Å²) in [7, 11) is 2.03. The lowest BCUT2D eigenvalue weighted by atomic mass is 10.1. The fourth-order valence-electron chi connectivity index (χ4n) is 3.23. The summed E-state index contributed by atoms with van der Waals surface area (Å²) in [6.45, 7) is 8.96. The second-order valence-electron chi connectivity index (χ2n) is 7.40. The zero-order chi connectivity index (χ0) is 19.6. The maximum atomic E-state index is 12.6. The van der Waals surface area contributed by atoms with Gasteiger partial charge in [0, 0.05) is 35.4 Å². The summed E-state index contributed by atoms with van der Waals surface area (Å²) in [5, 5.41) is 1.16. The molecule has 5 rings (SSSR count). The molecule has 1 aromatic heterocycles. The SMILES string of the molecule is CC.CC1CC1.Cc1ccc2c(c1)C(=O)N(c1ccc3c(ccn3C)c1)C2. The molecule has 0 spiro atoms. The Morgan fingerprint density at radius 1 is 1.00 bits per heavy atom. The molecule has 0 saturated heterocycles. The van der Waals surface area contributed by atoms with Crippen LogP contribution in [-0.4, -0.2) is 10.5 Å². The number of aryl methyl sites for hydroxylation is 2. The van der Waals surface area contributed by atoms with Crippen molar-refractivity contribution in [3.63, 3.8) is 0 Å². The van der Waals surface area contributed by atoms with E-state index in [2.05, 4.69) is 41.8 Å². The molecule has 0 bridgehead atoms. The Morgan fingerprint density at radius 2 is 1.70 bits per heavy atom. The monoisotopic (exact) mass is 362 g/mol. The molecule has 1 aliphatic carbocycles. The van der Waals surface area contributed by atoms with E-state index in [9.17, 15) is 4.79 Å². The number of rotatable bonds is 1. The standard InChI is InChI=1S/C18H16N2O.C4H8.C2H6/c1-12-3-4-14-11-20(18(21)16(14)9-12)15-5-6-17-13(10-15)7-8-19(17)2;1-4-2-3-4;1-2/h3-10H,11H2,1-2H3;4H,2-3H2,1H3;1-2H3. The highest BCUT2D eigenvalue weighted by Gasteiger charge is 2.28. The largest absolute Gasteiger partial charge is 0.351 e. The highest BCUT2D eigenvalue weighted by molar-refractivity contribution is 6.10.